The summed E-state index contributed by atoms with van der Waals surface area (Å²) in [7, 11) is 0. The first-order valence-electron chi connectivity index (χ1n) is 4.19. The molecule has 1 N–H and O–H groups in total. The SMILES string of the molecule is CCCCNc1cccc(F)n1. The summed E-state index contributed by atoms with van der Waals surface area (Å²) in [5.74, 6) is 0.181. The van der Waals surface area contributed by atoms with Crippen molar-refractivity contribution in [2.75, 3.05) is 11.9 Å². The normalized spacial score (nSPS) is 9.83. The van der Waals surface area contributed by atoms with Gasteiger partial charge in [-0.3, -0.25) is 0 Å². The van der Waals surface area contributed by atoms with Gasteiger partial charge >= 0.3 is 0 Å². The van der Waals surface area contributed by atoms with Crippen molar-refractivity contribution in [2.45, 2.75) is 19.8 Å². The summed E-state index contributed by atoms with van der Waals surface area (Å²) < 4.78 is 12.5. The van der Waals surface area contributed by atoms with Crippen LogP contribution < -0.4 is 5.32 Å². The maximum Gasteiger partial charge on any atom is 0.214 e. The average Bonchev–Trinajstić information content (AvgIpc) is 2.05. The van der Waals surface area contributed by atoms with Gasteiger partial charge in [0.1, 0.15) is 5.82 Å². The Morgan fingerprint density at radius 3 is 3.00 bits per heavy atom. The van der Waals surface area contributed by atoms with Crippen LogP contribution in [0, 0.1) is 5.95 Å². The number of aromatic nitrogens is 1. The van der Waals surface area contributed by atoms with Gasteiger partial charge < -0.3 is 5.32 Å². The molecule has 0 spiro atoms. The van der Waals surface area contributed by atoms with E-state index in [0.29, 0.717) is 5.82 Å². The van der Waals surface area contributed by atoms with Crippen molar-refractivity contribution in [3.8, 4) is 0 Å². The van der Waals surface area contributed by atoms with E-state index >= 15 is 0 Å². The smallest absolute Gasteiger partial charge is 0.214 e. The molecule has 3 heteroatoms. The van der Waals surface area contributed by atoms with E-state index < -0.39 is 5.95 Å². The fraction of sp³-hybridized carbons (Fsp3) is 0.444. The summed E-state index contributed by atoms with van der Waals surface area (Å²) in [6, 6.07) is 4.75. The Morgan fingerprint density at radius 2 is 2.33 bits per heavy atom. The Bertz CT molecular complexity index is 238. The van der Waals surface area contributed by atoms with Crippen molar-refractivity contribution < 1.29 is 4.39 Å². The van der Waals surface area contributed by atoms with E-state index in [1.54, 1.807) is 12.1 Å². The van der Waals surface area contributed by atoms with E-state index in [9.17, 15) is 4.39 Å². The van der Waals surface area contributed by atoms with E-state index in [4.69, 9.17) is 0 Å². The lowest BCUT2D eigenvalue weighted by Crippen LogP contribution is -2.03. The average molecular weight is 168 g/mol. The molecule has 0 aliphatic carbocycles. The van der Waals surface area contributed by atoms with E-state index in [1.165, 1.54) is 6.07 Å². The monoisotopic (exact) mass is 168 g/mol. The first-order chi connectivity index (χ1) is 5.83. The van der Waals surface area contributed by atoms with Crippen molar-refractivity contribution in [3.63, 3.8) is 0 Å². The summed E-state index contributed by atoms with van der Waals surface area (Å²) in [5.41, 5.74) is 0. The third-order valence-electron chi connectivity index (χ3n) is 1.55. The van der Waals surface area contributed by atoms with Gasteiger partial charge in [0.15, 0.2) is 0 Å². The molecule has 0 aliphatic heterocycles. The van der Waals surface area contributed by atoms with Crippen molar-refractivity contribution >= 4 is 5.82 Å². The summed E-state index contributed by atoms with van der Waals surface area (Å²) in [5, 5.41) is 3.04. The van der Waals surface area contributed by atoms with Crippen LogP contribution in [0.1, 0.15) is 19.8 Å². The molecule has 1 aromatic heterocycles. The molecule has 0 fully saturated rings. The van der Waals surface area contributed by atoms with Gasteiger partial charge in [-0.2, -0.15) is 4.39 Å². The minimum atomic E-state index is -0.434. The highest BCUT2D eigenvalue weighted by Gasteiger charge is 1.93. The Hall–Kier alpha value is -1.12. The van der Waals surface area contributed by atoms with Crippen molar-refractivity contribution in [3.05, 3.63) is 24.1 Å². The first kappa shape index (κ1) is 8.97. The number of hydrogen-bond donors (Lipinski definition) is 1. The number of pyridine rings is 1. The maximum atomic E-state index is 12.5. The topological polar surface area (TPSA) is 24.9 Å². The number of nitrogens with zero attached hydrogens (tertiary/aromatic N) is 1. The predicted octanol–water partition coefficient (Wildman–Crippen LogP) is 2.43. The Labute approximate surface area is 71.8 Å². The van der Waals surface area contributed by atoms with Crippen LogP contribution in [0.3, 0.4) is 0 Å². The molecule has 0 bridgehead atoms. The molecule has 0 aromatic carbocycles. The predicted molar refractivity (Wildman–Crippen MR) is 47.6 cm³/mol. The summed E-state index contributed by atoms with van der Waals surface area (Å²) >= 11 is 0. The number of nitrogens with one attached hydrogen (secondary N) is 1. The first-order valence-corrected chi connectivity index (χ1v) is 4.19. The van der Waals surface area contributed by atoms with E-state index in [1.807, 2.05) is 0 Å². The highest BCUT2D eigenvalue weighted by Crippen LogP contribution is 2.03. The summed E-state index contributed by atoms with van der Waals surface area (Å²) in [4.78, 5) is 3.67. The minimum Gasteiger partial charge on any atom is -0.370 e. The minimum absolute atomic E-state index is 0.434. The molecule has 0 saturated carbocycles. The van der Waals surface area contributed by atoms with E-state index in [0.717, 1.165) is 19.4 Å². The Balaban J connectivity index is 2.41. The van der Waals surface area contributed by atoms with Gasteiger partial charge in [-0.1, -0.05) is 19.4 Å². The fourth-order valence-electron chi connectivity index (χ4n) is 0.900. The second-order valence-corrected chi connectivity index (χ2v) is 2.63. The molecule has 12 heavy (non-hydrogen) atoms. The molecule has 0 aliphatic rings. The molecule has 0 radical (unpaired) electrons. The third-order valence-corrected chi connectivity index (χ3v) is 1.55. The van der Waals surface area contributed by atoms with Gasteiger partial charge in [-0.05, 0) is 18.6 Å². The van der Waals surface area contributed by atoms with E-state index in [2.05, 4.69) is 17.2 Å². The number of hydrogen-bond acceptors (Lipinski definition) is 2. The molecule has 1 rings (SSSR count). The lowest BCUT2D eigenvalue weighted by molar-refractivity contribution is 0.585. The lowest BCUT2D eigenvalue weighted by Gasteiger charge is -2.02. The summed E-state index contributed by atoms with van der Waals surface area (Å²) in [6.07, 6.45) is 2.21. The van der Waals surface area contributed by atoms with Crippen LogP contribution in [0.4, 0.5) is 10.2 Å². The van der Waals surface area contributed by atoms with Crippen LogP contribution in [0.15, 0.2) is 18.2 Å². The highest BCUT2D eigenvalue weighted by atomic mass is 19.1. The van der Waals surface area contributed by atoms with Gasteiger partial charge in [-0.15, -0.1) is 0 Å². The van der Waals surface area contributed by atoms with Gasteiger partial charge in [0.25, 0.3) is 0 Å². The molecule has 0 amide bonds. The van der Waals surface area contributed by atoms with Crippen LogP contribution in [0.5, 0.6) is 0 Å². The number of unbranched alkanes of at least 4 members (excludes halogenated alkanes) is 1. The van der Waals surface area contributed by atoms with Crippen LogP contribution in [0.25, 0.3) is 0 Å². The Morgan fingerprint density at radius 1 is 1.50 bits per heavy atom. The zero-order valence-electron chi connectivity index (χ0n) is 7.18. The molecular weight excluding hydrogens is 155 g/mol. The Kier molecular flexibility index (Phi) is 3.51. The molecule has 1 heterocycles. The maximum absolute atomic E-state index is 12.5. The number of halogens is 1. The quantitative estimate of drug-likeness (QED) is 0.551. The highest BCUT2D eigenvalue weighted by molar-refractivity contribution is 5.33. The van der Waals surface area contributed by atoms with E-state index in [-0.39, 0.29) is 0 Å². The van der Waals surface area contributed by atoms with Gasteiger partial charge in [0.2, 0.25) is 5.95 Å². The molecule has 0 unspecified atom stereocenters. The third kappa shape index (κ3) is 2.86. The van der Waals surface area contributed by atoms with Gasteiger partial charge in [0.05, 0.1) is 0 Å². The van der Waals surface area contributed by atoms with Gasteiger partial charge in [-0.25, -0.2) is 4.98 Å². The van der Waals surface area contributed by atoms with Crippen LogP contribution in [-0.4, -0.2) is 11.5 Å². The summed E-state index contributed by atoms with van der Waals surface area (Å²) in [6.45, 7) is 2.97. The van der Waals surface area contributed by atoms with Crippen LogP contribution >= 0.6 is 0 Å². The van der Waals surface area contributed by atoms with Crippen LogP contribution in [0.2, 0.25) is 0 Å². The standard InChI is InChI=1S/C9H13FN2/c1-2-3-7-11-9-6-4-5-8(10)12-9/h4-6H,2-3,7H2,1H3,(H,11,12). The van der Waals surface area contributed by atoms with Crippen molar-refractivity contribution in [1.29, 1.82) is 0 Å². The van der Waals surface area contributed by atoms with Crippen molar-refractivity contribution in [2.24, 2.45) is 0 Å². The second-order valence-electron chi connectivity index (χ2n) is 2.63. The van der Waals surface area contributed by atoms with Gasteiger partial charge in [0, 0.05) is 6.54 Å². The molecule has 66 valence electrons. The molecule has 0 saturated heterocycles. The molecule has 2 nitrogen and oxygen atoms in total. The molecular formula is C9H13FN2. The fourth-order valence-corrected chi connectivity index (χ4v) is 0.900. The number of anilines is 1. The lowest BCUT2D eigenvalue weighted by atomic mass is 10.3. The number of rotatable bonds is 4. The zero-order chi connectivity index (χ0) is 8.81. The van der Waals surface area contributed by atoms with Crippen molar-refractivity contribution in [1.82, 2.24) is 4.98 Å². The molecule has 0 atom stereocenters. The van der Waals surface area contributed by atoms with Crippen LogP contribution in [-0.2, 0) is 0 Å². The largest absolute Gasteiger partial charge is 0.370 e. The molecule has 1 aromatic rings. The second kappa shape index (κ2) is 4.70. The zero-order valence-corrected chi connectivity index (χ0v) is 7.18.